The van der Waals surface area contributed by atoms with E-state index in [-0.39, 0.29) is 29.3 Å². The van der Waals surface area contributed by atoms with Gasteiger partial charge in [-0.05, 0) is 60.0 Å². The third-order valence-corrected chi connectivity index (χ3v) is 9.52. The van der Waals surface area contributed by atoms with Crippen LogP contribution in [0, 0.1) is 17.1 Å². The summed E-state index contributed by atoms with van der Waals surface area (Å²) in [6.45, 7) is 1.26. The first kappa shape index (κ1) is 34.2. The van der Waals surface area contributed by atoms with Gasteiger partial charge in [-0.15, -0.1) is 5.53 Å². The maximum Gasteiger partial charge on any atom is 0.410 e. The minimum absolute atomic E-state index is 0.00988. The second-order valence-electron chi connectivity index (χ2n) is 12.1. The number of benzene rings is 4. The topological polar surface area (TPSA) is 118 Å². The standard InChI is InChI=1S/C37H30Cl3FN8O2/c38-25-8-6-23(7-9-25)35(33-20-49(47-46-33)28-12-13-48(19-28)37(50)51-21-22-4-2-1-3-5-22)45-27-14-29-34(44-26-10-11-32(41)30(39)15-26)24(17-42)18-43-36(29)31(40)16-27/h1-11,14-16,18,20,28,35,45-47H,12-13,19,21H2,(H,43,44)/t28-,35?/m1/s1. The van der Waals surface area contributed by atoms with Crippen molar-refractivity contribution in [1.82, 2.24) is 25.9 Å². The molecule has 10 nitrogen and oxygen atoms in total. The number of nitrogens with one attached hydrogen (secondary N) is 4. The summed E-state index contributed by atoms with van der Waals surface area (Å²) in [7, 11) is 0. The van der Waals surface area contributed by atoms with Crippen LogP contribution in [-0.2, 0) is 11.3 Å². The number of likely N-dealkylation sites (tertiary alicyclic amines) is 1. The molecule has 1 fully saturated rings. The van der Waals surface area contributed by atoms with Gasteiger partial charge in [0.05, 0.1) is 44.6 Å². The lowest BCUT2D eigenvalue weighted by atomic mass is 10.0. The SMILES string of the molecule is N#Cc1cnc2c(Cl)cc(NC(C3=CN([C@@H]4CCN(C(=O)OCc5ccccc5)C4)NN3)c3ccc(Cl)cc3)cc2c1Nc1ccc(F)c(Cl)c1. The summed E-state index contributed by atoms with van der Waals surface area (Å²) < 4.78 is 19.5. The fourth-order valence-corrected chi connectivity index (χ4v) is 6.65. The van der Waals surface area contributed by atoms with Gasteiger partial charge >= 0.3 is 6.09 Å². The molecule has 4 aromatic carbocycles. The number of carbonyl (C=O) groups is 1. The molecule has 1 unspecified atom stereocenters. The second-order valence-corrected chi connectivity index (χ2v) is 13.3. The molecule has 2 atom stereocenters. The number of hydrogen-bond acceptors (Lipinski definition) is 9. The van der Waals surface area contributed by atoms with Crippen LogP contribution in [0.5, 0.6) is 0 Å². The quantitative estimate of drug-likeness (QED) is 0.118. The molecule has 1 aromatic heterocycles. The van der Waals surface area contributed by atoms with E-state index in [1.54, 1.807) is 11.0 Å². The molecular formula is C37H30Cl3FN8O2. The van der Waals surface area contributed by atoms with Crippen molar-refractivity contribution < 1.29 is 13.9 Å². The summed E-state index contributed by atoms with van der Waals surface area (Å²) >= 11 is 19.1. The number of hydrogen-bond donors (Lipinski definition) is 4. The average Bonchev–Trinajstić information content (AvgIpc) is 3.83. The predicted molar refractivity (Wildman–Crippen MR) is 197 cm³/mol. The van der Waals surface area contributed by atoms with Crippen LogP contribution in [0.2, 0.25) is 15.1 Å². The second kappa shape index (κ2) is 14.9. The molecule has 3 heterocycles. The lowest BCUT2D eigenvalue weighted by Gasteiger charge is -2.23. The number of halogens is 4. The van der Waals surface area contributed by atoms with Crippen LogP contribution in [0.4, 0.5) is 26.2 Å². The molecule has 0 bridgehead atoms. The Bertz CT molecular complexity index is 2160. The molecule has 4 N–H and O–H groups in total. The van der Waals surface area contributed by atoms with Crippen molar-refractivity contribution in [2.45, 2.75) is 25.1 Å². The van der Waals surface area contributed by atoms with Crippen molar-refractivity contribution in [3.8, 4) is 6.07 Å². The molecule has 7 rings (SSSR count). The molecule has 5 aromatic rings. The van der Waals surface area contributed by atoms with Crippen molar-refractivity contribution in [2.75, 3.05) is 23.7 Å². The van der Waals surface area contributed by atoms with Crippen molar-refractivity contribution in [1.29, 1.82) is 5.26 Å². The highest BCUT2D eigenvalue weighted by Crippen LogP contribution is 2.37. The van der Waals surface area contributed by atoms with E-state index in [1.807, 2.05) is 71.9 Å². The van der Waals surface area contributed by atoms with Gasteiger partial charge in [-0.1, -0.05) is 77.3 Å². The Hall–Kier alpha value is -5.25. The van der Waals surface area contributed by atoms with E-state index in [0.29, 0.717) is 51.1 Å². The van der Waals surface area contributed by atoms with Gasteiger partial charge in [0.25, 0.3) is 0 Å². The van der Waals surface area contributed by atoms with Gasteiger partial charge in [0, 0.05) is 47.3 Å². The Balaban J connectivity index is 1.15. The molecule has 0 saturated carbocycles. The highest BCUT2D eigenvalue weighted by molar-refractivity contribution is 6.36. The Morgan fingerprint density at radius 2 is 1.82 bits per heavy atom. The maximum absolute atomic E-state index is 13.9. The van der Waals surface area contributed by atoms with Crippen molar-refractivity contribution in [2.24, 2.45) is 0 Å². The summed E-state index contributed by atoms with van der Waals surface area (Å²) in [5.41, 5.74) is 11.5. The lowest BCUT2D eigenvalue weighted by Crippen LogP contribution is -2.45. The molecule has 14 heteroatoms. The van der Waals surface area contributed by atoms with E-state index < -0.39 is 11.9 Å². The third-order valence-electron chi connectivity index (χ3n) is 8.69. The highest BCUT2D eigenvalue weighted by Gasteiger charge is 2.33. The summed E-state index contributed by atoms with van der Waals surface area (Å²) in [5, 5.41) is 20.2. The number of hydrazine groups is 2. The van der Waals surface area contributed by atoms with Crippen LogP contribution in [0.15, 0.2) is 103 Å². The van der Waals surface area contributed by atoms with Gasteiger partial charge in [-0.3, -0.25) is 9.99 Å². The normalized spacial score (nSPS) is 16.0. The lowest BCUT2D eigenvalue weighted by molar-refractivity contribution is 0.1000. The number of nitriles is 1. The van der Waals surface area contributed by atoms with Gasteiger partial charge in [0.1, 0.15) is 18.5 Å². The largest absolute Gasteiger partial charge is 0.445 e. The monoisotopic (exact) mass is 742 g/mol. The van der Waals surface area contributed by atoms with E-state index in [9.17, 15) is 14.4 Å². The van der Waals surface area contributed by atoms with Gasteiger partial charge in [-0.2, -0.15) is 5.26 Å². The van der Waals surface area contributed by atoms with E-state index >= 15 is 0 Å². The molecule has 1 saturated heterocycles. The Labute approximate surface area is 308 Å². The first-order valence-electron chi connectivity index (χ1n) is 16.0. The molecule has 2 aliphatic rings. The number of amides is 1. The molecule has 0 aliphatic carbocycles. The average molecular weight is 744 g/mol. The van der Waals surface area contributed by atoms with Gasteiger partial charge in [0.15, 0.2) is 0 Å². The molecule has 258 valence electrons. The first-order chi connectivity index (χ1) is 24.7. The third kappa shape index (κ3) is 7.60. The molecule has 51 heavy (non-hydrogen) atoms. The van der Waals surface area contributed by atoms with Gasteiger partial charge in [-0.25, -0.2) is 9.18 Å². The van der Waals surface area contributed by atoms with Crippen LogP contribution in [0.3, 0.4) is 0 Å². The van der Waals surface area contributed by atoms with Crippen molar-refractivity contribution >= 4 is 68.9 Å². The van der Waals surface area contributed by atoms with Gasteiger partial charge in [0.2, 0.25) is 0 Å². The molecule has 1 amide bonds. The number of fused-ring (bicyclic) bond motifs is 1. The molecule has 0 radical (unpaired) electrons. The fourth-order valence-electron chi connectivity index (χ4n) is 6.08. The molecule has 0 spiro atoms. The zero-order valence-corrected chi connectivity index (χ0v) is 29.1. The first-order valence-corrected chi connectivity index (χ1v) is 17.1. The smallest absolute Gasteiger partial charge is 0.410 e. The summed E-state index contributed by atoms with van der Waals surface area (Å²) in [6, 6.07) is 26.6. The number of anilines is 3. The summed E-state index contributed by atoms with van der Waals surface area (Å²) in [4.78, 5) is 19.0. The number of aromatic nitrogens is 1. The van der Waals surface area contributed by atoms with Crippen molar-refractivity contribution in [3.05, 3.63) is 141 Å². The number of nitrogens with zero attached hydrogens (tertiary/aromatic N) is 4. The minimum Gasteiger partial charge on any atom is -0.445 e. The highest BCUT2D eigenvalue weighted by atomic mass is 35.5. The van der Waals surface area contributed by atoms with Crippen LogP contribution in [-0.4, -0.2) is 40.1 Å². The van der Waals surface area contributed by atoms with E-state index in [2.05, 4.69) is 32.6 Å². The Kier molecular flexibility index (Phi) is 10.0. The fraction of sp³-hybridized carbons (Fsp3) is 0.162. The number of rotatable bonds is 9. The zero-order chi connectivity index (χ0) is 35.5. The number of carbonyl (C=O) groups excluding carboxylic acids is 1. The zero-order valence-electron chi connectivity index (χ0n) is 26.8. The Morgan fingerprint density at radius 1 is 1.04 bits per heavy atom. The Morgan fingerprint density at radius 3 is 2.59 bits per heavy atom. The van der Waals surface area contributed by atoms with E-state index in [4.69, 9.17) is 39.5 Å². The van der Waals surface area contributed by atoms with Crippen LogP contribution >= 0.6 is 34.8 Å². The molecule has 2 aliphatic heterocycles. The predicted octanol–water partition coefficient (Wildman–Crippen LogP) is 8.68. The van der Waals surface area contributed by atoms with Gasteiger partial charge < -0.3 is 25.7 Å². The van der Waals surface area contributed by atoms with Crippen molar-refractivity contribution in [3.63, 3.8) is 0 Å². The maximum atomic E-state index is 13.9. The van der Waals surface area contributed by atoms with Crippen LogP contribution < -0.4 is 21.6 Å². The van der Waals surface area contributed by atoms with E-state index in [1.165, 1.54) is 24.4 Å². The number of pyridine rings is 1. The van der Waals surface area contributed by atoms with E-state index in [0.717, 1.165) is 23.2 Å². The van der Waals surface area contributed by atoms with Crippen LogP contribution in [0.1, 0.15) is 29.2 Å². The van der Waals surface area contributed by atoms with Crippen LogP contribution in [0.25, 0.3) is 10.9 Å². The number of ether oxygens (including phenoxy) is 1. The summed E-state index contributed by atoms with van der Waals surface area (Å²) in [6.07, 6.45) is 3.80. The summed E-state index contributed by atoms with van der Waals surface area (Å²) in [5.74, 6) is -0.556. The minimum atomic E-state index is -0.556. The molecular weight excluding hydrogens is 714 g/mol.